The van der Waals surface area contributed by atoms with Crippen LogP contribution in [0.15, 0.2) is 88.0 Å². The number of aliphatic hydroxyl groups is 1. The second kappa shape index (κ2) is 13.1. The van der Waals surface area contributed by atoms with Crippen LogP contribution in [-0.2, 0) is 24.6 Å². The molecule has 0 saturated heterocycles. The highest BCUT2D eigenvalue weighted by molar-refractivity contribution is 9.10. The molecule has 41 heavy (non-hydrogen) atoms. The standard InChI is InChI=1S/C30H25BrClN3O6/c31-29-20(7-4-8-22(29)19-5-2-1-3-6-19)17-40-28-13-27(21(12-23(28)32)14-33-26(15-36)30(37)38)39-16-18-9-10-24-25(11-18)35-41-34-24/h1-13,26,33,36H,14-17H2,(H,37,38). The fourth-order valence-corrected chi connectivity index (χ4v) is 5.04. The van der Waals surface area contributed by atoms with Crippen LogP contribution in [0.4, 0.5) is 0 Å². The molecule has 3 N–H and O–H groups in total. The van der Waals surface area contributed by atoms with Gasteiger partial charge in [-0.05, 0) is 61.1 Å². The fraction of sp³-hybridized carbons (Fsp3) is 0.167. The first-order valence-corrected chi connectivity index (χ1v) is 13.8. The minimum atomic E-state index is -1.17. The monoisotopic (exact) mass is 637 g/mol. The highest BCUT2D eigenvalue weighted by atomic mass is 79.9. The molecular weight excluding hydrogens is 614 g/mol. The Hall–Kier alpha value is -3.96. The third-order valence-electron chi connectivity index (χ3n) is 6.39. The zero-order chi connectivity index (χ0) is 28.8. The summed E-state index contributed by atoms with van der Waals surface area (Å²) in [6, 6.07) is 23.6. The number of halogens is 2. The van der Waals surface area contributed by atoms with Crippen molar-refractivity contribution in [3.8, 4) is 22.6 Å². The molecule has 0 aliphatic rings. The minimum Gasteiger partial charge on any atom is -0.488 e. The lowest BCUT2D eigenvalue weighted by molar-refractivity contribution is -0.140. The van der Waals surface area contributed by atoms with E-state index in [9.17, 15) is 15.0 Å². The van der Waals surface area contributed by atoms with E-state index in [4.69, 9.17) is 25.7 Å². The average Bonchev–Trinajstić information content (AvgIpc) is 3.45. The molecule has 11 heteroatoms. The van der Waals surface area contributed by atoms with Gasteiger partial charge in [-0.3, -0.25) is 10.1 Å². The lowest BCUT2D eigenvalue weighted by Gasteiger charge is -2.18. The number of fused-ring (bicyclic) bond motifs is 1. The van der Waals surface area contributed by atoms with Crippen molar-refractivity contribution in [1.29, 1.82) is 0 Å². The Morgan fingerprint density at radius 2 is 1.71 bits per heavy atom. The number of ether oxygens (including phenoxy) is 2. The zero-order valence-corrected chi connectivity index (χ0v) is 23.9. The highest BCUT2D eigenvalue weighted by Crippen LogP contribution is 2.36. The molecule has 0 spiro atoms. The summed E-state index contributed by atoms with van der Waals surface area (Å²) in [7, 11) is 0. The summed E-state index contributed by atoms with van der Waals surface area (Å²) in [5, 5.41) is 29.5. The van der Waals surface area contributed by atoms with Gasteiger partial charge in [0, 0.05) is 28.2 Å². The van der Waals surface area contributed by atoms with Gasteiger partial charge in [-0.2, -0.15) is 0 Å². The molecule has 0 fully saturated rings. The van der Waals surface area contributed by atoms with E-state index < -0.39 is 18.6 Å². The number of carbonyl (C=O) groups is 1. The molecule has 210 valence electrons. The number of aliphatic carboxylic acids is 1. The summed E-state index contributed by atoms with van der Waals surface area (Å²) in [5.41, 5.74) is 5.70. The average molecular weight is 639 g/mol. The molecular formula is C30H25BrClN3O6. The van der Waals surface area contributed by atoms with E-state index in [0.29, 0.717) is 33.1 Å². The Balaban J connectivity index is 1.38. The van der Waals surface area contributed by atoms with Crippen LogP contribution in [0.5, 0.6) is 11.5 Å². The maximum Gasteiger partial charge on any atom is 0.323 e. The zero-order valence-electron chi connectivity index (χ0n) is 21.6. The second-order valence-electron chi connectivity index (χ2n) is 9.15. The molecule has 0 amide bonds. The highest BCUT2D eigenvalue weighted by Gasteiger charge is 2.18. The van der Waals surface area contributed by atoms with Gasteiger partial charge < -0.3 is 19.7 Å². The molecule has 4 aromatic carbocycles. The van der Waals surface area contributed by atoms with E-state index in [1.165, 1.54) is 0 Å². The van der Waals surface area contributed by atoms with Crippen LogP contribution < -0.4 is 14.8 Å². The fourth-order valence-electron chi connectivity index (χ4n) is 4.19. The number of hydrogen-bond donors (Lipinski definition) is 3. The van der Waals surface area contributed by atoms with Crippen LogP contribution in [0.2, 0.25) is 5.02 Å². The van der Waals surface area contributed by atoms with E-state index in [2.05, 4.69) is 31.6 Å². The van der Waals surface area contributed by atoms with Crippen molar-refractivity contribution in [2.24, 2.45) is 0 Å². The maximum absolute atomic E-state index is 11.4. The first-order chi connectivity index (χ1) is 19.9. The molecule has 5 rings (SSSR count). The first kappa shape index (κ1) is 28.6. The maximum atomic E-state index is 11.4. The Kier molecular flexibility index (Phi) is 9.15. The van der Waals surface area contributed by atoms with Crippen molar-refractivity contribution in [3.63, 3.8) is 0 Å². The lowest BCUT2D eigenvalue weighted by Crippen LogP contribution is -2.39. The summed E-state index contributed by atoms with van der Waals surface area (Å²) >= 11 is 10.3. The van der Waals surface area contributed by atoms with E-state index in [0.717, 1.165) is 26.7 Å². The molecule has 1 unspecified atom stereocenters. The van der Waals surface area contributed by atoms with Crippen LogP contribution in [0.3, 0.4) is 0 Å². The Bertz CT molecular complexity index is 1660. The molecule has 1 atom stereocenters. The van der Waals surface area contributed by atoms with E-state index in [-0.39, 0.29) is 19.8 Å². The summed E-state index contributed by atoms with van der Waals surface area (Å²) in [6.45, 7) is -0.0593. The molecule has 1 heterocycles. The summed E-state index contributed by atoms with van der Waals surface area (Å²) in [6.07, 6.45) is 0. The summed E-state index contributed by atoms with van der Waals surface area (Å²) in [5.74, 6) is -0.330. The van der Waals surface area contributed by atoms with Gasteiger partial charge in [0.15, 0.2) is 0 Å². The normalized spacial score (nSPS) is 11.9. The van der Waals surface area contributed by atoms with Crippen molar-refractivity contribution < 1.29 is 29.1 Å². The SMILES string of the molecule is O=C(O)C(CO)NCc1cc(Cl)c(OCc2cccc(-c3ccccc3)c2Br)cc1OCc1ccc2nonc2c1. The second-order valence-corrected chi connectivity index (χ2v) is 10.4. The summed E-state index contributed by atoms with van der Waals surface area (Å²) < 4.78 is 18.0. The van der Waals surface area contributed by atoms with Crippen molar-refractivity contribution >= 4 is 44.5 Å². The molecule has 9 nitrogen and oxygen atoms in total. The molecule has 0 aliphatic carbocycles. The Morgan fingerprint density at radius 3 is 2.49 bits per heavy atom. The molecule has 5 aromatic rings. The lowest BCUT2D eigenvalue weighted by atomic mass is 10.0. The van der Waals surface area contributed by atoms with E-state index in [1.807, 2.05) is 54.6 Å². The Morgan fingerprint density at radius 1 is 0.927 bits per heavy atom. The number of aliphatic hydroxyl groups excluding tert-OH is 1. The van der Waals surface area contributed by atoms with Crippen LogP contribution in [0.25, 0.3) is 22.2 Å². The molecule has 1 aromatic heterocycles. The van der Waals surface area contributed by atoms with Crippen LogP contribution >= 0.6 is 27.5 Å². The molecule has 0 bridgehead atoms. The van der Waals surface area contributed by atoms with Gasteiger partial charge in [0.2, 0.25) is 0 Å². The smallest absolute Gasteiger partial charge is 0.323 e. The molecule has 0 saturated carbocycles. The number of carboxylic acids is 1. The van der Waals surface area contributed by atoms with Gasteiger partial charge in [-0.15, -0.1) is 0 Å². The largest absolute Gasteiger partial charge is 0.488 e. The van der Waals surface area contributed by atoms with Gasteiger partial charge in [-0.25, -0.2) is 4.63 Å². The van der Waals surface area contributed by atoms with Gasteiger partial charge in [0.25, 0.3) is 0 Å². The van der Waals surface area contributed by atoms with Crippen LogP contribution in [0.1, 0.15) is 16.7 Å². The third-order valence-corrected chi connectivity index (χ3v) is 7.63. The first-order valence-electron chi connectivity index (χ1n) is 12.6. The van der Waals surface area contributed by atoms with Gasteiger partial charge >= 0.3 is 5.97 Å². The number of aromatic nitrogens is 2. The summed E-state index contributed by atoms with van der Waals surface area (Å²) in [4.78, 5) is 11.4. The predicted octanol–water partition coefficient (Wildman–Crippen LogP) is 6.00. The van der Waals surface area contributed by atoms with Gasteiger partial charge in [0.1, 0.15) is 41.8 Å². The number of nitrogens with one attached hydrogen (secondary N) is 1. The van der Waals surface area contributed by atoms with Crippen molar-refractivity contribution in [2.75, 3.05) is 6.61 Å². The van der Waals surface area contributed by atoms with Crippen LogP contribution in [-0.4, -0.2) is 39.1 Å². The van der Waals surface area contributed by atoms with Crippen molar-refractivity contribution in [2.45, 2.75) is 25.8 Å². The number of hydrogen-bond acceptors (Lipinski definition) is 8. The molecule has 0 aliphatic heterocycles. The van der Waals surface area contributed by atoms with Gasteiger partial charge in [0.05, 0.1) is 11.6 Å². The van der Waals surface area contributed by atoms with Crippen LogP contribution in [0, 0.1) is 0 Å². The quantitative estimate of drug-likeness (QED) is 0.151. The van der Waals surface area contributed by atoms with E-state index >= 15 is 0 Å². The molecule has 0 radical (unpaired) electrons. The third kappa shape index (κ3) is 6.86. The Labute approximate surface area is 248 Å². The predicted molar refractivity (Wildman–Crippen MR) is 157 cm³/mol. The minimum absolute atomic E-state index is 0.0871. The number of nitrogens with zero attached hydrogens (tertiary/aromatic N) is 2. The topological polar surface area (TPSA) is 127 Å². The van der Waals surface area contributed by atoms with Crippen molar-refractivity contribution in [3.05, 3.63) is 105 Å². The number of carboxylic acid groups (broad SMARTS) is 1. The van der Waals surface area contributed by atoms with Crippen molar-refractivity contribution in [1.82, 2.24) is 15.6 Å². The number of benzene rings is 4. The van der Waals surface area contributed by atoms with Gasteiger partial charge in [-0.1, -0.05) is 66.2 Å². The number of rotatable bonds is 12. The van der Waals surface area contributed by atoms with E-state index in [1.54, 1.807) is 24.3 Å².